The average molecular weight is 325 g/mol. The van der Waals surface area contributed by atoms with Gasteiger partial charge in [-0.3, -0.25) is 4.90 Å². The summed E-state index contributed by atoms with van der Waals surface area (Å²) >= 11 is 6.13. The van der Waals surface area contributed by atoms with Crippen LogP contribution in [0.3, 0.4) is 0 Å². The Morgan fingerprint density at radius 2 is 1.96 bits per heavy atom. The first-order valence-electron chi connectivity index (χ1n) is 8.22. The molecule has 118 valence electrons. The number of hydrogen-bond acceptors (Lipinski definition) is 1. The number of rotatable bonds is 3. The highest BCUT2D eigenvalue weighted by Gasteiger charge is 2.23. The number of likely N-dealkylation sites (N-methyl/N-ethyl adjacent to an activating group) is 1. The minimum absolute atomic E-state index is 0.578. The molecule has 1 atom stereocenters. The van der Waals surface area contributed by atoms with E-state index in [1.165, 1.54) is 28.6 Å². The lowest BCUT2D eigenvalue weighted by atomic mass is 10.0. The summed E-state index contributed by atoms with van der Waals surface area (Å²) in [6.07, 6.45) is 2.35. The number of aromatic nitrogens is 1. The van der Waals surface area contributed by atoms with Crippen molar-refractivity contribution in [3.05, 3.63) is 70.9 Å². The summed E-state index contributed by atoms with van der Waals surface area (Å²) in [5.74, 6) is 0. The second kappa shape index (κ2) is 6.03. The summed E-state index contributed by atoms with van der Waals surface area (Å²) in [5, 5.41) is 2.08. The van der Waals surface area contributed by atoms with Gasteiger partial charge in [0.15, 0.2) is 0 Å². The van der Waals surface area contributed by atoms with Crippen LogP contribution in [0.15, 0.2) is 54.6 Å². The third-order valence-corrected chi connectivity index (χ3v) is 5.21. The Kier molecular flexibility index (Phi) is 3.88. The largest absolute Gasteiger partial charge is 0.343 e. The van der Waals surface area contributed by atoms with Crippen molar-refractivity contribution in [1.82, 2.24) is 9.47 Å². The van der Waals surface area contributed by atoms with Crippen LogP contribution in [0.5, 0.6) is 0 Å². The van der Waals surface area contributed by atoms with Gasteiger partial charge in [-0.2, -0.15) is 0 Å². The van der Waals surface area contributed by atoms with Crippen molar-refractivity contribution in [3.63, 3.8) is 0 Å². The van der Waals surface area contributed by atoms with Crippen LogP contribution in [-0.2, 0) is 19.5 Å². The van der Waals surface area contributed by atoms with Gasteiger partial charge in [0.1, 0.15) is 0 Å². The van der Waals surface area contributed by atoms with Crippen molar-refractivity contribution in [2.45, 2.75) is 32.0 Å². The molecule has 0 unspecified atom stereocenters. The minimum Gasteiger partial charge on any atom is -0.343 e. The van der Waals surface area contributed by atoms with E-state index in [2.05, 4.69) is 65.0 Å². The van der Waals surface area contributed by atoms with Crippen LogP contribution in [0.2, 0.25) is 5.02 Å². The molecule has 2 heterocycles. The fraction of sp³-hybridized carbons (Fsp3) is 0.300. The minimum atomic E-state index is 0.578. The Morgan fingerprint density at radius 1 is 1.13 bits per heavy atom. The third kappa shape index (κ3) is 2.89. The quantitative estimate of drug-likeness (QED) is 0.675. The number of benzene rings is 2. The molecule has 0 saturated heterocycles. The normalized spacial score (nSPS) is 17.6. The molecule has 0 aliphatic carbocycles. The van der Waals surface area contributed by atoms with E-state index in [9.17, 15) is 0 Å². The smallest absolute Gasteiger partial charge is 0.0484 e. The molecule has 2 nitrogen and oxygen atoms in total. The second-order valence-electron chi connectivity index (χ2n) is 6.54. The standard InChI is InChI=1S/C20H21ClN2/c1-22(13-15-5-3-2-4-6-15)19-9-8-18-12-16-11-17(21)7-10-20(16)23(18)14-19/h2-7,10-12,19H,8-9,13-14H2,1H3/t19-/m1/s1. The van der Waals surface area contributed by atoms with Crippen LogP contribution in [0.4, 0.5) is 0 Å². The van der Waals surface area contributed by atoms with Gasteiger partial charge >= 0.3 is 0 Å². The zero-order valence-corrected chi connectivity index (χ0v) is 14.1. The van der Waals surface area contributed by atoms with Crippen molar-refractivity contribution in [3.8, 4) is 0 Å². The summed E-state index contributed by atoms with van der Waals surface area (Å²) in [6.45, 7) is 2.07. The van der Waals surface area contributed by atoms with Gasteiger partial charge in [0, 0.05) is 40.8 Å². The van der Waals surface area contributed by atoms with Gasteiger partial charge in [0.05, 0.1) is 0 Å². The first kappa shape index (κ1) is 14.8. The predicted molar refractivity (Wildman–Crippen MR) is 97.0 cm³/mol. The van der Waals surface area contributed by atoms with E-state index in [1.807, 2.05) is 6.07 Å². The molecule has 0 bridgehead atoms. The van der Waals surface area contributed by atoms with Gasteiger partial charge in [-0.15, -0.1) is 0 Å². The second-order valence-corrected chi connectivity index (χ2v) is 6.98. The molecule has 1 aliphatic heterocycles. The average Bonchev–Trinajstić information content (AvgIpc) is 2.92. The zero-order valence-electron chi connectivity index (χ0n) is 13.4. The highest BCUT2D eigenvalue weighted by atomic mass is 35.5. The highest BCUT2D eigenvalue weighted by Crippen LogP contribution is 2.29. The number of fused-ring (bicyclic) bond motifs is 3. The van der Waals surface area contributed by atoms with Crippen molar-refractivity contribution >= 4 is 22.5 Å². The van der Waals surface area contributed by atoms with E-state index in [0.29, 0.717) is 6.04 Å². The van der Waals surface area contributed by atoms with Gasteiger partial charge in [0.25, 0.3) is 0 Å². The topological polar surface area (TPSA) is 8.17 Å². The van der Waals surface area contributed by atoms with Gasteiger partial charge in [-0.25, -0.2) is 0 Å². The maximum absolute atomic E-state index is 6.13. The molecule has 4 rings (SSSR count). The van der Waals surface area contributed by atoms with Crippen molar-refractivity contribution in [2.24, 2.45) is 0 Å². The first-order valence-corrected chi connectivity index (χ1v) is 8.60. The molecule has 1 aromatic heterocycles. The molecule has 0 N–H and O–H groups in total. The van der Waals surface area contributed by atoms with Crippen LogP contribution in [0.1, 0.15) is 17.7 Å². The van der Waals surface area contributed by atoms with Crippen molar-refractivity contribution in [1.29, 1.82) is 0 Å². The molecule has 0 saturated carbocycles. The van der Waals surface area contributed by atoms with Crippen LogP contribution in [0.25, 0.3) is 10.9 Å². The van der Waals surface area contributed by atoms with Crippen LogP contribution < -0.4 is 0 Å². The molecular weight excluding hydrogens is 304 g/mol. The third-order valence-electron chi connectivity index (χ3n) is 4.97. The van der Waals surface area contributed by atoms with E-state index in [1.54, 1.807) is 0 Å². The zero-order chi connectivity index (χ0) is 15.8. The van der Waals surface area contributed by atoms with Gasteiger partial charge in [-0.05, 0) is 49.7 Å². The molecule has 3 heteroatoms. The van der Waals surface area contributed by atoms with Gasteiger partial charge in [-0.1, -0.05) is 41.9 Å². The molecular formula is C20H21ClN2. The molecule has 0 spiro atoms. The summed E-state index contributed by atoms with van der Waals surface area (Å²) < 4.78 is 2.47. The molecule has 0 radical (unpaired) electrons. The van der Waals surface area contributed by atoms with Gasteiger partial charge < -0.3 is 4.57 Å². The number of nitrogens with zero attached hydrogens (tertiary/aromatic N) is 2. The SMILES string of the molecule is CN(Cc1ccccc1)[C@@H]1CCc2cc3cc(Cl)ccc3n2C1. The van der Waals surface area contributed by atoms with Crippen LogP contribution >= 0.6 is 11.6 Å². The summed E-state index contributed by atoms with van der Waals surface area (Å²) in [6, 6.07) is 19.8. The molecule has 23 heavy (non-hydrogen) atoms. The summed E-state index contributed by atoms with van der Waals surface area (Å²) in [4.78, 5) is 2.49. The number of aryl methyl sites for hydroxylation is 1. The molecule has 0 amide bonds. The van der Waals surface area contributed by atoms with Crippen LogP contribution in [0, 0.1) is 0 Å². The lowest BCUT2D eigenvalue weighted by Crippen LogP contribution is -2.38. The fourth-order valence-electron chi connectivity index (χ4n) is 3.70. The highest BCUT2D eigenvalue weighted by molar-refractivity contribution is 6.31. The monoisotopic (exact) mass is 324 g/mol. The van der Waals surface area contributed by atoms with Crippen molar-refractivity contribution in [2.75, 3.05) is 7.05 Å². The molecule has 1 aliphatic rings. The Labute approximate surface area is 142 Å². The Morgan fingerprint density at radius 3 is 2.78 bits per heavy atom. The van der Waals surface area contributed by atoms with Gasteiger partial charge in [0.2, 0.25) is 0 Å². The van der Waals surface area contributed by atoms with E-state index in [4.69, 9.17) is 11.6 Å². The Bertz CT molecular complexity index is 822. The fourth-order valence-corrected chi connectivity index (χ4v) is 3.88. The maximum atomic E-state index is 6.13. The van der Waals surface area contributed by atoms with E-state index in [0.717, 1.165) is 24.5 Å². The van der Waals surface area contributed by atoms with Crippen molar-refractivity contribution < 1.29 is 0 Å². The van der Waals surface area contributed by atoms with Crippen LogP contribution in [-0.4, -0.2) is 22.6 Å². The number of halogens is 1. The van der Waals surface area contributed by atoms with E-state index in [-0.39, 0.29) is 0 Å². The summed E-state index contributed by atoms with van der Waals surface area (Å²) in [7, 11) is 2.24. The molecule has 3 aromatic rings. The molecule has 0 fully saturated rings. The summed E-state index contributed by atoms with van der Waals surface area (Å²) in [5.41, 5.74) is 4.12. The number of hydrogen-bond donors (Lipinski definition) is 0. The maximum Gasteiger partial charge on any atom is 0.0484 e. The van der Waals surface area contributed by atoms with E-state index >= 15 is 0 Å². The lowest BCUT2D eigenvalue weighted by Gasteiger charge is -2.33. The molecule has 2 aromatic carbocycles. The Hall–Kier alpha value is -1.77. The lowest BCUT2D eigenvalue weighted by molar-refractivity contribution is 0.188. The van der Waals surface area contributed by atoms with E-state index < -0.39 is 0 Å². The first-order chi connectivity index (χ1) is 11.2. The Balaban J connectivity index is 1.57. The predicted octanol–water partition coefficient (Wildman–Crippen LogP) is 4.74.